The molecule has 0 aromatic carbocycles. The zero-order valence-electron chi connectivity index (χ0n) is 11.2. The molecule has 0 radical (unpaired) electrons. The number of amides is 1. The van der Waals surface area contributed by atoms with E-state index in [4.69, 9.17) is 5.73 Å². The molecule has 18 heavy (non-hydrogen) atoms. The fourth-order valence-corrected chi connectivity index (χ4v) is 3.38. The van der Waals surface area contributed by atoms with Crippen LogP contribution < -0.4 is 11.1 Å². The first-order valence-corrected chi connectivity index (χ1v) is 7.34. The summed E-state index contributed by atoms with van der Waals surface area (Å²) < 4.78 is 0. The Kier molecular flexibility index (Phi) is 3.90. The van der Waals surface area contributed by atoms with E-state index in [0.717, 1.165) is 12.1 Å². The van der Waals surface area contributed by atoms with E-state index < -0.39 is 0 Å². The number of carbonyl (C=O) groups is 1. The van der Waals surface area contributed by atoms with Gasteiger partial charge in [0.15, 0.2) is 5.13 Å². The fourth-order valence-electron chi connectivity index (χ4n) is 2.65. The quantitative estimate of drug-likeness (QED) is 0.865. The number of rotatable bonds is 2. The van der Waals surface area contributed by atoms with Crippen LogP contribution in [0.4, 0.5) is 5.13 Å². The molecule has 1 amide bonds. The summed E-state index contributed by atoms with van der Waals surface area (Å²) in [7, 11) is 0. The molecule has 1 aromatic rings. The normalized spacial score (nSPS) is 28.1. The Morgan fingerprint density at radius 2 is 2.17 bits per heavy atom. The highest BCUT2D eigenvalue weighted by atomic mass is 32.1. The van der Waals surface area contributed by atoms with Gasteiger partial charge in [-0.3, -0.25) is 4.79 Å². The van der Waals surface area contributed by atoms with Crippen LogP contribution in [-0.2, 0) is 0 Å². The first kappa shape index (κ1) is 13.3. The average Bonchev–Trinajstić information content (AvgIpc) is 2.64. The van der Waals surface area contributed by atoms with Crippen molar-refractivity contribution in [2.45, 2.75) is 46.1 Å². The Labute approximate surface area is 112 Å². The minimum absolute atomic E-state index is 0.0207. The molecule has 3 unspecified atom stereocenters. The maximum absolute atomic E-state index is 12.2. The number of nitrogens with one attached hydrogen (secondary N) is 1. The number of hydrogen-bond acceptors (Lipinski definition) is 4. The van der Waals surface area contributed by atoms with Crippen LogP contribution in [0.5, 0.6) is 0 Å². The molecule has 1 heterocycles. The van der Waals surface area contributed by atoms with Gasteiger partial charge in [0.25, 0.3) is 5.91 Å². The van der Waals surface area contributed by atoms with Crippen LogP contribution in [0.3, 0.4) is 0 Å². The zero-order chi connectivity index (χ0) is 13.3. The molecular formula is C13H21N3OS. The third-order valence-electron chi connectivity index (χ3n) is 4.04. The van der Waals surface area contributed by atoms with Crippen LogP contribution in [0.15, 0.2) is 0 Å². The molecule has 5 heteroatoms. The summed E-state index contributed by atoms with van der Waals surface area (Å²) in [5.74, 6) is 1.19. The third-order valence-corrected chi connectivity index (χ3v) is 5.03. The van der Waals surface area contributed by atoms with E-state index in [-0.39, 0.29) is 11.9 Å². The highest BCUT2D eigenvalue weighted by Gasteiger charge is 2.29. The van der Waals surface area contributed by atoms with Crippen molar-refractivity contribution in [1.29, 1.82) is 0 Å². The smallest absolute Gasteiger partial charge is 0.263 e. The van der Waals surface area contributed by atoms with E-state index in [2.05, 4.69) is 24.1 Å². The summed E-state index contributed by atoms with van der Waals surface area (Å²) in [5.41, 5.74) is 6.36. The predicted octanol–water partition coefficient (Wildman–Crippen LogP) is 2.59. The Balaban J connectivity index is 2.05. The second-order valence-corrected chi connectivity index (χ2v) is 6.34. The number of carbonyl (C=O) groups excluding carboxylic acids is 1. The average molecular weight is 267 g/mol. The Morgan fingerprint density at radius 3 is 2.78 bits per heavy atom. The summed E-state index contributed by atoms with van der Waals surface area (Å²) in [6.07, 6.45) is 3.53. The van der Waals surface area contributed by atoms with Crippen LogP contribution in [0.25, 0.3) is 0 Å². The monoisotopic (exact) mass is 267 g/mol. The fraction of sp³-hybridized carbons (Fsp3) is 0.692. The van der Waals surface area contributed by atoms with E-state index in [1.54, 1.807) is 0 Å². The molecule has 3 atom stereocenters. The highest BCUT2D eigenvalue weighted by Crippen LogP contribution is 2.30. The van der Waals surface area contributed by atoms with Crippen molar-refractivity contribution in [3.63, 3.8) is 0 Å². The van der Waals surface area contributed by atoms with Gasteiger partial charge in [-0.25, -0.2) is 4.98 Å². The first-order valence-electron chi connectivity index (χ1n) is 6.52. The van der Waals surface area contributed by atoms with Gasteiger partial charge in [0, 0.05) is 6.04 Å². The van der Waals surface area contributed by atoms with Gasteiger partial charge in [0.2, 0.25) is 0 Å². The topological polar surface area (TPSA) is 68.0 Å². The van der Waals surface area contributed by atoms with E-state index in [1.165, 1.54) is 24.2 Å². The number of hydrogen-bond donors (Lipinski definition) is 2. The molecule has 3 N–H and O–H groups in total. The van der Waals surface area contributed by atoms with Crippen LogP contribution in [0.2, 0.25) is 0 Å². The second-order valence-electron chi connectivity index (χ2n) is 5.31. The molecule has 4 nitrogen and oxygen atoms in total. The maximum atomic E-state index is 12.2. The number of thiazole rings is 1. The van der Waals surface area contributed by atoms with E-state index in [1.807, 2.05) is 6.92 Å². The highest BCUT2D eigenvalue weighted by molar-refractivity contribution is 7.17. The van der Waals surface area contributed by atoms with Gasteiger partial charge in [-0.1, -0.05) is 38.0 Å². The van der Waals surface area contributed by atoms with E-state index in [9.17, 15) is 4.79 Å². The minimum atomic E-state index is -0.0207. The van der Waals surface area contributed by atoms with E-state index in [0.29, 0.717) is 21.8 Å². The van der Waals surface area contributed by atoms with Crippen LogP contribution in [-0.4, -0.2) is 16.9 Å². The lowest BCUT2D eigenvalue weighted by Crippen LogP contribution is -2.43. The number of aryl methyl sites for hydroxylation is 1. The molecule has 1 fully saturated rings. The second kappa shape index (κ2) is 5.26. The third kappa shape index (κ3) is 2.66. The summed E-state index contributed by atoms with van der Waals surface area (Å²) >= 11 is 1.27. The SMILES string of the molecule is Cc1nc(N)sc1C(=O)NC1CCCC(C)C1C. The predicted molar refractivity (Wildman–Crippen MR) is 74.7 cm³/mol. The molecule has 0 bridgehead atoms. The number of anilines is 1. The van der Waals surface area contributed by atoms with Crippen molar-refractivity contribution in [1.82, 2.24) is 10.3 Å². The van der Waals surface area contributed by atoms with Gasteiger partial charge in [0.05, 0.1) is 5.69 Å². The standard InChI is InChI=1S/C13H21N3OS/c1-7-5-4-6-10(8(7)2)16-12(17)11-9(3)15-13(14)18-11/h7-8,10H,4-6H2,1-3H3,(H2,14,15)(H,16,17). The molecule has 2 rings (SSSR count). The summed E-state index contributed by atoms with van der Waals surface area (Å²) in [6, 6.07) is 0.281. The number of nitrogens with zero attached hydrogens (tertiary/aromatic N) is 1. The van der Waals surface area contributed by atoms with Gasteiger partial charge < -0.3 is 11.1 Å². The lowest BCUT2D eigenvalue weighted by molar-refractivity contribution is 0.0894. The van der Waals surface area contributed by atoms with Crippen molar-refractivity contribution in [3.8, 4) is 0 Å². The van der Waals surface area contributed by atoms with Crippen molar-refractivity contribution in [2.24, 2.45) is 11.8 Å². The largest absolute Gasteiger partial charge is 0.375 e. The Morgan fingerprint density at radius 1 is 1.44 bits per heavy atom. The van der Waals surface area contributed by atoms with Crippen molar-refractivity contribution < 1.29 is 4.79 Å². The number of nitrogens with two attached hydrogens (primary N) is 1. The summed E-state index contributed by atoms with van der Waals surface area (Å²) in [4.78, 5) is 16.9. The summed E-state index contributed by atoms with van der Waals surface area (Å²) in [6.45, 7) is 6.32. The molecular weight excluding hydrogens is 246 g/mol. The van der Waals surface area contributed by atoms with Crippen molar-refractivity contribution in [2.75, 3.05) is 5.73 Å². The zero-order valence-corrected chi connectivity index (χ0v) is 12.0. The minimum Gasteiger partial charge on any atom is -0.375 e. The molecule has 1 aliphatic rings. The molecule has 0 spiro atoms. The lowest BCUT2D eigenvalue weighted by atomic mass is 9.78. The number of aromatic nitrogens is 1. The van der Waals surface area contributed by atoms with Gasteiger partial charge >= 0.3 is 0 Å². The Hall–Kier alpha value is -1.10. The molecule has 0 aliphatic heterocycles. The maximum Gasteiger partial charge on any atom is 0.263 e. The van der Waals surface area contributed by atoms with Crippen LogP contribution >= 0.6 is 11.3 Å². The van der Waals surface area contributed by atoms with Crippen LogP contribution in [0, 0.1) is 18.8 Å². The van der Waals surface area contributed by atoms with Gasteiger partial charge in [0.1, 0.15) is 4.88 Å². The van der Waals surface area contributed by atoms with Crippen LogP contribution in [0.1, 0.15) is 48.5 Å². The van der Waals surface area contributed by atoms with Gasteiger partial charge in [-0.2, -0.15) is 0 Å². The lowest BCUT2D eigenvalue weighted by Gasteiger charge is -2.34. The molecule has 100 valence electrons. The molecule has 1 saturated carbocycles. The number of nitrogen functional groups attached to an aromatic ring is 1. The van der Waals surface area contributed by atoms with Gasteiger partial charge in [-0.05, 0) is 25.2 Å². The van der Waals surface area contributed by atoms with Crippen molar-refractivity contribution >= 4 is 22.4 Å². The molecule has 0 saturated heterocycles. The van der Waals surface area contributed by atoms with Gasteiger partial charge in [-0.15, -0.1) is 0 Å². The van der Waals surface area contributed by atoms with Crippen molar-refractivity contribution in [3.05, 3.63) is 10.6 Å². The first-order chi connectivity index (χ1) is 8.49. The summed E-state index contributed by atoms with van der Waals surface area (Å²) in [5, 5.41) is 3.61. The Bertz CT molecular complexity index is 443. The van der Waals surface area contributed by atoms with E-state index >= 15 is 0 Å². The molecule has 1 aliphatic carbocycles. The molecule has 1 aromatic heterocycles.